The summed E-state index contributed by atoms with van der Waals surface area (Å²) in [6.07, 6.45) is 2.82. The normalized spacial score (nSPS) is 20.1. The number of carbonyl (C=O) groups is 1. The maximum Gasteiger partial charge on any atom is 0.307 e. The smallest absolute Gasteiger partial charge is 0.307 e. The largest absolute Gasteiger partial charge is 0.469 e. The van der Waals surface area contributed by atoms with Gasteiger partial charge >= 0.3 is 5.97 Å². The quantitative estimate of drug-likeness (QED) is 0.773. The molecular formula is C14H20N2O4. The van der Waals surface area contributed by atoms with Gasteiger partial charge in [-0.3, -0.25) is 9.48 Å². The van der Waals surface area contributed by atoms with E-state index in [0.29, 0.717) is 26.2 Å². The van der Waals surface area contributed by atoms with Gasteiger partial charge in [0.25, 0.3) is 0 Å². The number of carbonyl (C=O) groups excluding carboxylic acids is 1. The minimum atomic E-state index is -0.437. The number of rotatable bonds is 3. The van der Waals surface area contributed by atoms with Crippen LogP contribution in [0.2, 0.25) is 0 Å². The van der Waals surface area contributed by atoms with Crippen molar-refractivity contribution in [2.45, 2.75) is 44.9 Å². The molecule has 3 rings (SSSR count). The molecule has 1 saturated heterocycles. The van der Waals surface area contributed by atoms with Gasteiger partial charge in [-0.2, -0.15) is 5.10 Å². The number of aryl methyl sites for hydroxylation is 2. The fourth-order valence-corrected chi connectivity index (χ4v) is 3.00. The zero-order chi connectivity index (χ0) is 14.2. The SMILES string of the molecule is COC(=O)CCn1nc2c(c1C)CC1(CC2)OCCO1. The first kappa shape index (κ1) is 13.6. The minimum absolute atomic E-state index is 0.211. The van der Waals surface area contributed by atoms with Crippen LogP contribution in [0.4, 0.5) is 0 Å². The fourth-order valence-electron chi connectivity index (χ4n) is 3.00. The second kappa shape index (κ2) is 5.18. The van der Waals surface area contributed by atoms with Gasteiger partial charge in [-0.1, -0.05) is 0 Å². The number of aromatic nitrogens is 2. The molecule has 0 N–H and O–H groups in total. The van der Waals surface area contributed by atoms with E-state index < -0.39 is 5.79 Å². The minimum Gasteiger partial charge on any atom is -0.469 e. The van der Waals surface area contributed by atoms with Gasteiger partial charge in [0.05, 0.1) is 39.0 Å². The van der Waals surface area contributed by atoms with Crippen LogP contribution in [0, 0.1) is 6.92 Å². The first-order chi connectivity index (χ1) is 9.63. The summed E-state index contributed by atoms with van der Waals surface area (Å²) in [5.41, 5.74) is 3.42. The van der Waals surface area contributed by atoms with Gasteiger partial charge < -0.3 is 14.2 Å². The van der Waals surface area contributed by atoms with Gasteiger partial charge in [-0.05, 0) is 13.3 Å². The number of fused-ring (bicyclic) bond motifs is 1. The van der Waals surface area contributed by atoms with Crippen molar-refractivity contribution in [3.05, 3.63) is 17.0 Å². The number of hydrogen-bond acceptors (Lipinski definition) is 5. The zero-order valence-corrected chi connectivity index (χ0v) is 12.0. The van der Waals surface area contributed by atoms with Crippen LogP contribution in [-0.2, 0) is 38.4 Å². The lowest BCUT2D eigenvalue weighted by atomic mass is 9.91. The van der Waals surface area contributed by atoms with Gasteiger partial charge in [-0.15, -0.1) is 0 Å². The van der Waals surface area contributed by atoms with Crippen molar-refractivity contribution in [2.75, 3.05) is 20.3 Å². The molecule has 1 aromatic rings. The lowest BCUT2D eigenvalue weighted by Crippen LogP contribution is -2.36. The Morgan fingerprint density at radius 1 is 1.45 bits per heavy atom. The highest BCUT2D eigenvalue weighted by Gasteiger charge is 2.41. The van der Waals surface area contributed by atoms with E-state index in [-0.39, 0.29) is 5.97 Å². The molecule has 110 valence electrons. The zero-order valence-electron chi connectivity index (χ0n) is 12.0. The molecule has 0 atom stereocenters. The lowest BCUT2D eigenvalue weighted by Gasteiger charge is -2.30. The molecule has 6 nitrogen and oxygen atoms in total. The molecule has 0 bridgehead atoms. The van der Waals surface area contributed by atoms with Gasteiger partial charge in [0.2, 0.25) is 0 Å². The lowest BCUT2D eigenvalue weighted by molar-refractivity contribution is -0.164. The third-order valence-corrected chi connectivity index (χ3v) is 4.17. The van der Waals surface area contributed by atoms with E-state index in [1.807, 2.05) is 11.6 Å². The molecule has 0 radical (unpaired) electrons. The van der Waals surface area contributed by atoms with E-state index in [1.165, 1.54) is 12.7 Å². The topological polar surface area (TPSA) is 62.6 Å². The Bertz CT molecular complexity index is 517. The van der Waals surface area contributed by atoms with E-state index in [0.717, 1.165) is 30.7 Å². The molecule has 0 aromatic carbocycles. The number of esters is 1. The van der Waals surface area contributed by atoms with E-state index in [9.17, 15) is 4.79 Å². The average molecular weight is 280 g/mol. The van der Waals surface area contributed by atoms with E-state index in [1.54, 1.807) is 0 Å². The van der Waals surface area contributed by atoms with Crippen LogP contribution >= 0.6 is 0 Å². The van der Waals surface area contributed by atoms with Crippen LogP contribution < -0.4 is 0 Å². The van der Waals surface area contributed by atoms with Gasteiger partial charge in [-0.25, -0.2) is 0 Å². The van der Waals surface area contributed by atoms with Crippen molar-refractivity contribution in [1.29, 1.82) is 0 Å². The summed E-state index contributed by atoms with van der Waals surface area (Å²) in [6, 6.07) is 0. The van der Waals surface area contributed by atoms with Crippen molar-refractivity contribution in [3.63, 3.8) is 0 Å². The van der Waals surface area contributed by atoms with E-state index in [4.69, 9.17) is 9.47 Å². The van der Waals surface area contributed by atoms with Gasteiger partial charge in [0.1, 0.15) is 0 Å². The molecule has 0 amide bonds. The Morgan fingerprint density at radius 2 is 2.20 bits per heavy atom. The van der Waals surface area contributed by atoms with Crippen LogP contribution in [0.15, 0.2) is 0 Å². The number of ether oxygens (including phenoxy) is 3. The molecule has 1 aliphatic carbocycles. The first-order valence-corrected chi connectivity index (χ1v) is 7.03. The summed E-state index contributed by atoms with van der Waals surface area (Å²) in [5, 5.41) is 4.61. The molecule has 6 heteroatoms. The highest BCUT2D eigenvalue weighted by Crippen LogP contribution is 2.36. The maximum atomic E-state index is 11.2. The Hall–Kier alpha value is -1.40. The summed E-state index contributed by atoms with van der Waals surface area (Å²) >= 11 is 0. The molecule has 2 aliphatic rings. The summed E-state index contributed by atoms with van der Waals surface area (Å²) in [4.78, 5) is 11.2. The van der Waals surface area contributed by atoms with Crippen LogP contribution in [0.25, 0.3) is 0 Å². The summed E-state index contributed by atoms with van der Waals surface area (Å²) in [7, 11) is 1.40. The van der Waals surface area contributed by atoms with Crippen molar-refractivity contribution in [2.24, 2.45) is 0 Å². The monoisotopic (exact) mass is 280 g/mol. The van der Waals surface area contributed by atoms with Crippen LogP contribution in [0.5, 0.6) is 0 Å². The highest BCUT2D eigenvalue weighted by atomic mass is 16.7. The van der Waals surface area contributed by atoms with Crippen LogP contribution in [0.1, 0.15) is 29.8 Å². The summed E-state index contributed by atoms with van der Waals surface area (Å²) < 4.78 is 18.1. The molecule has 1 aliphatic heterocycles. The standard InChI is InChI=1S/C14H20N2O4/c1-10-11-9-14(19-7-8-20-14)5-3-12(11)15-16(10)6-4-13(17)18-2/h3-9H2,1-2H3. The predicted octanol–water partition coefficient (Wildman–Crippen LogP) is 0.986. The summed E-state index contributed by atoms with van der Waals surface area (Å²) in [5.74, 6) is -0.648. The van der Waals surface area contributed by atoms with E-state index in [2.05, 4.69) is 9.84 Å². The number of hydrogen-bond donors (Lipinski definition) is 0. The second-order valence-electron chi connectivity index (χ2n) is 5.34. The maximum absolute atomic E-state index is 11.2. The van der Waals surface area contributed by atoms with Gasteiger partial charge in [0.15, 0.2) is 5.79 Å². The third kappa shape index (κ3) is 2.33. The number of methoxy groups -OCH3 is 1. The van der Waals surface area contributed by atoms with Crippen molar-refractivity contribution >= 4 is 5.97 Å². The second-order valence-corrected chi connectivity index (χ2v) is 5.34. The molecule has 1 spiro atoms. The first-order valence-electron chi connectivity index (χ1n) is 7.03. The predicted molar refractivity (Wildman–Crippen MR) is 70.3 cm³/mol. The van der Waals surface area contributed by atoms with Gasteiger partial charge in [0, 0.05) is 24.1 Å². The summed E-state index contributed by atoms with van der Waals surface area (Å²) in [6.45, 7) is 3.94. The Labute approximate surface area is 118 Å². The van der Waals surface area contributed by atoms with Crippen molar-refractivity contribution < 1.29 is 19.0 Å². The molecule has 0 saturated carbocycles. The molecule has 0 unspecified atom stereocenters. The van der Waals surface area contributed by atoms with Crippen LogP contribution in [0.3, 0.4) is 0 Å². The Morgan fingerprint density at radius 3 is 2.90 bits per heavy atom. The van der Waals surface area contributed by atoms with Crippen molar-refractivity contribution in [3.8, 4) is 0 Å². The molecule has 2 heterocycles. The molecule has 20 heavy (non-hydrogen) atoms. The average Bonchev–Trinajstić information content (AvgIpc) is 3.03. The fraction of sp³-hybridized carbons (Fsp3) is 0.714. The molecule has 1 aromatic heterocycles. The van der Waals surface area contributed by atoms with E-state index >= 15 is 0 Å². The van der Waals surface area contributed by atoms with Crippen LogP contribution in [-0.4, -0.2) is 41.9 Å². The van der Waals surface area contributed by atoms with Crippen molar-refractivity contribution in [1.82, 2.24) is 9.78 Å². The highest BCUT2D eigenvalue weighted by molar-refractivity contribution is 5.68. The molecular weight excluding hydrogens is 260 g/mol. The third-order valence-electron chi connectivity index (χ3n) is 4.17. The number of nitrogens with zero attached hydrogens (tertiary/aromatic N) is 2. The Kier molecular flexibility index (Phi) is 3.52. The molecule has 1 fully saturated rings. The Balaban J connectivity index is 1.77.